The van der Waals surface area contributed by atoms with Crippen molar-refractivity contribution in [1.82, 2.24) is 10.6 Å². The van der Waals surface area contributed by atoms with Crippen LogP contribution in [-0.4, -0.2) is 36.8 Å². The van der Waals surface area contributed by atoms with Crippen LogP contribution in [-0.2, 0) is 9.59 Å². The molecule has 172 valence electrons. The minimum atomic E-state index is -0.772. The van der Waals surface area contributed by atoms with Gasteiger partial charge in [-0.1, -0.05) is 30.3 Å². The summed E-state index contributed by atoms with van der Waals surface area (Å²) >= 11 is 0. The molecule has 3 aromatic rings. The Hall–Kier alpha value is -4.20. The summed E-state index contributed by atoms with van der Waals surface area (Å²) in [6.07, 6.45) is 0.422. The van der Waals surface area contributed by atoms with E-state index in [1.54, 1.807) is 37.4 Å². The highest BCUT2D eigenvalue weighted by Crippen LogP contribution is 2.41. The number of ether oxygens (including phenoxy) is 1. The van der Waals surface area contributed by atoms with Gasteiger partial charge in [-0.2, -0.15) is 0 Å². The van der Waals surface area contributed by atoms with Crippen molar-refractivity contribution in [3.8, 4) is 5.75 Å². The molecule has 0 saturated carbocycles. The van der Waals surface area contributed by atoms with Crippen LogP contribution >= 0.6 is 0 Å². The Morgan fingerprint density at radius 2 is 1.88 bits per heavy atom. The fraction of sp³-hybridized carbons (Fsp3) is 0.231. The average Bonchev–Trinajstić information content (AvgIpc) is 3.12. The maximum atomic E-state index is 13.3. The number of piperidine rings is 1. The van der Waals surface area contributed by atoms with E-state index < -0.39 is 11.9 Å². The van der Waals surface area contributed by atoms with Gasteiger partial charge >= 0.3 is 0 Å². The van der Waals surface area contributed by atoms with Crippen LogP contribution in [0, 0.1) is 0 Å². The number of benzene rings is 3. The Morgan fingerprint density at radius 1 is 1.09 bits per heavy atom. The largest absolute Gasteiger partial charge is 0.496 e. The molecule has 2 unspecified atom stereocenters. The fourth-order valence-electron chi connectivity index (χ4n) is 4.82. The summed E-state index contributed by atoms with van der Waals surface area (Å²) in [7, 11) is 1.59. The lowest BCUT2D eigenvalue weighted by molar-refractivity contribution is -0.134. The molecular weight excluding hydrogens is 434 g/mol. The molecule has 2 N–H and O–H groups in total. The third kappa shape index (κ3) is 3.39. The molecule has 8 nitrogen and oxygen atoms in total. The molecule has 0 aliphatic carbocycles. The van der Waals surface area contributed by atoms with Crippen molar-refractivity contribution < 1.29 is 23.9 Å². The van der Waals surface area contributed by atoms with Crippen molar-refractivity contribution in [3.05, 3.63) is 71.3 Å². The van der Waals surface area contributed by atoms with E-state index in [4.69, 9.17) is 4.74 Å². The zero-order valence-corrected chi connectivity index (χ0v) is 18.8. The van der Waals surface area contributed by atoms with Gasteiger partial charge in [-0.15, -0.1) is 0 Å². The normalized spacial score (nSPS) is 18.1. The number of nitrogens with one attached hydrogen (secondary N) is 2. The lowest BCUT2D eigenvalue weighted by atomic mass is 9.99. The molecule has 0 spiro atoms. The molecule has 1 fully saturated rings. The van der Waals surface area contributed by atoms with Crippen molar-refractivity contribution in [2.24, 2.45) is 0 Å². The van der Waals surface area contributed by atoms with Crippen LogP contribution in [0.4, 0.5) is 5.69 Å². The zero-order valence-electron chi connectivity index (χ0n) is 18.8. The molecule has 2 atom stereocenters. The highest BCUT2D eigenvalue weighted by Gasteiger charge is 2.41. The fourth-order valence-corrected chi connectivity index (χ4v) is 4.82. The third-order valence-corrected chi connectivity index (χ3v) is 6.45. The molecule has 2 heterocycles. The van der Waals surface area contributed by atoms with Crippen molar-refractivity contribution in [1.29, 1.82) is 0 Å². The van der Waals surface area contributed by atoms with Crippen molar-refractivity contribution >= 4 is 40.1 Å². The molecule has 34 heavy (non-hydrogen) atoms. The van der Waals surface area contributed by atoms with E-state index in [0.717, 1.165) is 5.56 Å². The van der Waals surface area contributed by atoms with Gasteiger partial charge in [0.05, 0.1) is 18.8 Å². The highest BCUT2D eigenvalue weighted by molar-refractivity contribution is 6.29. The predicted octanol–water partition coefficient (Wildman–Crippen LogP) is 3.10. The predicted molar refractivity (Wildman–Crippen MR) is 126 cm³/mol. The van der Waals surface area contributed by atoms with Gasteiger partial charge in [0.15, 0.2) is 0 Å². The molecule has 3 aromatic carbocycles. The molecule has 5 rings (SSSR count). The minimum Gasteiger partial charge on any atom is -0.496 e. The van der Waals surface area contributed by atoms with Gasteiger partial charge in [0.1, 0.15) is 11.8 Å². The van der Waals surface area contributed by atoms with Crippen LogP contribution in [0.3, 0.4) is 0 Å². The second-order valence-corrected chi connectivity index (χ2v) is 8.44. The monoisotopic (exact) mass is 457 g/mol. The summed E-state index contributed by atoms with van der Waals surface area (Å²) in [5.74, 6) is -0.741. The average molecular weight is 457 g/mol. The molecule has 8 heteroatoms. The number of hydrogen-bond donors (Lipinski definition) is 2. The second-order valence-electron chi connectivity index (χ2n) is 8.44. The maximum Gasteiger partial charge on any atom is 0.259 e. The molecule has 1 saturated heterocycles. The number of para-hydroxylation sites is 1. The summed E-state index contributed by atoms with van der Waals surface area (Å²) in [5.41, 5.74) is 2.29. The lowest BCUT2D eigenvalue weighted by Crippen LogP contribution is -2.53. The van der Waals surface area contributed by atoms with E-state index >= 15 is 0 Å². The lowest BCUT2D eigenvalue weighted by Gasteiger charge is -2.30. The van der Waals surface area contributed by atoms with E-state index in [9.17, 15) is 19.2 Å². The number of rotatable bonds is 5. The Morgan fingerprint density at radius 3 is 2.65 bits per heavy atom. The van der Waals surface area contributed by atoms with Crippen LogP contribution in [0.25, 0.3) is 10.8 Å². The second kappa shape index (κ2) is 8.30. The number of imide groups is 1. The number of methoxy groups -OCH3 is 1. The van der Waals surface area contributed by atoms with Crippen LogP contribution in [0.2, 0.25) is 0 Å². The standard InChI is InChI=1S/C26H23N3O5/c1-14(15-6-3-4-9-21(15)34-2)27-24(31)17-10-11-18-23-16(17)7-5-8-19(23)29(26(18)33)20-12-13-22(30)28-25(20)32/h3-11,14,20H,12-13H2,1-2H3,(H,27,31)(H,28,30,32). The Bertz CT molecular complexity index is 1370. The quantitative estimate of drug-likeness (QED) is 0.573. The van der Waals surface area contributed by atoms with Crippen LogP contribution in [0.5, 0.6) is 5.75 Å². The number of amides is 4. The number of carbonyl (C=O) groups excluding carboxylic acids is 4. The Kier molecular flexibility index (Phi) is 5.28. The minimum absolute atomic E-state index is 0.168. The van der Waals surface area contributed by atoms with Gasteiger partial charge in [-0.3, -0.25) is 29.4 Å². The summed E-state index contributed by atoms with van der Waals surface area (Å²) in [6, 6.07) is 15.0. The van der Waals surface area contributed by atoms with E-state index in [1.165, 1.54) is 4.90 Å². The summed E-state index contributed by atoms with van der Waals surface area (Å²) in [6.45, 7) is 1.88. The first-order valence-electron chi connectivity index (χ1n) is 11.1. The molecule has 2 aliphatic rings. The van der Waals surface area contributed by atoms with Gasteiger partial charge in [-0.05, 0) is 43.0 Å². The van der Waals surface area contributed by atoms with Crippen molar-refractivity contribution in [3.63, 3.8) is 0 Å². The van der Waals surface area contributed by atoms with E-state index in [-0.39, 0.29) is 36.6 Å². The Labute approximate surface area is 195 Å². The highest BCUT2D eigenvalue weighted by atomic mass is 16.5. The molecule has 0 aromatic heterocycles. The van der Waals surface area contributed by atoms with Gasteiger partial charge in [0.25, 0.3) is 11.8 Å². The first-order chi connectivity index (χ1) is 16.4. The summed E-state index contributed by atoms with van der Waals surface area (Å²) in [4.78, 5) is 52.1. The molecule has 0 bridgehead atoms. The van der Waals surface area contributed by atoms with E-state index in [2.05, 4.69) is 10.6 Å². The van der Waals surface area contributed by atoms with Crippen LogP contribution in [0.15, 0.2) is 54.6 Å². The number of hydrogen-bond acceptors (Lipinski definition) is 5. The first kappa shape index (κ1) is 21.6. The van der Waals surface area contributed by atoms with Crippen LogP contribution in [0.1, 0.15) is 52.1 Å². The topological polar surface area (TPSA) is 105 Å². The number of nitrogens with zero attached hydrogens (tertiary/aromatic N) is 1. The summed E-state index contributed by atoms with van der Waals surface area (Å²) < 4.78 is 5.41. The van der Waals surface area contributed by atoms with Crippen LogP contribution < -0.4 is 20.3 Å². The zero-order chi connectivity index (χ0) is 24.0. The molecule has 4 amide bonds. The molecule has 2 aliphatic heterocycles. The summed E-state index contributed by atoms with van der Waals surface area (Å²) in [5, 5.41) is 6.59. The SMILES string of the molecule is COc1ccccc1C(C)NC(=O)c1ccc2c3c(cccc13)N(C1CCC(=O)NC1=O)C2=O. The molecular formula is C26H23N3O5. The first-order valence-corrected chi connectivity index (χ1v) is 11.1. The van der Waals surface area contributed by atoms with E-state index in [1.807, 2.05) is 31.2 Å². The Balaban J connectivity index is 1.50. The number of anilines is 1. The van der Waals surface area contributed by atoms with Gasteiger partial charge in [0, 0.05) is 28.5 Å². The maximum absolute atomic E-state index is 13.3. The van der Waals surface area contributed by atoms with Gasteiger partial charge in [0.2, 0.25) is 11.8 Å². The smallest absolute Gasteiger partial charge is 0.259 e. The van der Waals surface area contributed by atoms with Gasteiger partial charge in [-0.25, -0.2) is 0 Å². The third-order valence-electron chi connectivity index (χ3n) is 6.45. The van der Waals surface area contributed by atoms with E-state index in [0.29, 0.717) is 33.3 Å². The van der Waals surface area contributed by atoms with Gasteiger partial charge < -0.3 is 10.1 Å². The van der Waals surface area contributed by atoms with Crippen molar-refractivity contribution in [2.45, 2.75) is 31.8 Å². The van der Waals surface area contributed by atoms with Crippen molar-refractivity contribution in [2.75, 3.05) is 12.0 Å². The molecule has 0 radical (unpaired) electrons. The number of carbonyl (C=O) groups is 4.